The Morgan fingerprint density at radius 3 is 2.33 bits per heavy atom. The molecule has 0 saturated heterocycles. The number of ketones is 2. The van der Waals surface area contributed by atoms with Gasteiger partial charge in [0.2, 0.25) is 5.78 Å². The van der Waals surface area contributed by atoms with Crippen LogP contribution in [-0.2, 0) is 16.0 Å². The van der Waals surface area contributed by atoms with Crippen molar-refractivity contribution in [3.63, 3.8) is 0 Å². The third-order valence-electron chi connectivity index (χ3n) is 8.84. The number of nitrogens with two attached hydrogens (primary N) is 1. The summed E-state index contributed by atoms with van der Waals surface area (Å²) >= 11 is 0. The lowest BCUT2D eigenvalue weighted by Gasteiger charge is -2.50. The summed E-state index contributed by atoms with van der Waals surface area (Å²) in [6.45, 7) is 0.0369. The zero-order valence-electron chi connectivity index (χ0n) is 24.6. The highest BCUT2D eigenvalue weighted by atomic mass is 16.5. The number of amides is 1. The molecule has 0 fully saturated rings. The standard InChI is InChI=1S/C32H37N3O8/c1-34(2)18-8-6-16(7-9-18)19-10-11-22(43-13-5-12-36)24-20(19)14-17-15-21-26(35(3)4)28(38)25(31(33)41)30(40)32(21,42)29(39)23(17)27(24)37/h6-11,17,21,26,36,38-39,42H,5,12-15H2,1-4H3,(H2,33,41)/t17-,21-,26-,32-/m0/s1. The van der Waals surface area contributed by atoms with E-state index in [0.29, 0.717) is 12.0 Å². The molecule has 2 aromatic rings. The first-order valence-electron chi connectivity index (χ1n) is 14.2. The molecular weight excluding hydrogens is 554 g/mol. The summed E-state index contributed by atoms with van der Waals surface area (Å²) in [6, 6.07) is 10.4. The Bertz CT molecular complexity index is 1560. The number of Topliss-reactive ketones (excluding diaryl/α,β-unsaturated/α-hetero) is 2. The Morgan fingerprint density at radius 2 is 1.74 bits per heavy atom. The SMILES string of the molecule is CN(C)c1ccc(-c2ccc(OCCCO)c3c2C[C@H]2C[C@H]4[C@H](N(C)C)C(O)=C(C(N)=O)C(=O)[C@@]4(O)C(O)=C2C3=O)cc1. The Hall–Kier alpha value is -4.19. The average Bonchev–Trinajstić information content (AvgIpc) is 2.95. The number of anilines is 1. The maximum atomic E-state index is 14.3. The van der Waals surface area contributed by atoms with Gasteiger partial charge in [-0.2, -0.15) is 0 Å². The van der Waals surface area contributed by atoms with Crippen LogP contribution < -0.4 is 15.4 Å². The first kappa shape index (κ1) is 30.3. The topological polar surface area (TPSA) is 174 Å². The van der Waals surface area contributed by atoms with E-state index in [9.17, 15) is 34.8 Å². The molecule has 4 atom stereocenters. The highest BCUT2D eigenvalue weighted by Crippen LogP contribution is 2.53. The summed E-state index contributed by atoms with van der Waals surface area (Å²) in [7, 11) is 7.10. The maximum absolute atomic E-state index is 14.3. The number of carbonyl (C=O) groups excluding carboxylic acids is 3. The largest absolute Gasteiger partial charge is 0.510 e. The molecular formula is C32H37N3O8. The lowest BCUT2D eigenvalue weighted by molar-refractivity contribution is -0.148. The predicted octanol–water partition coefficient (Wildman–Crippen LogP) is 1.91. The van der Waals surface area contributed by atoms with Crippen LogP contribution in [0.25, 0.3) is 11.1 Å². The van der Waals surface area contributed by atoms with Crippen molar-refractivity contribution in [2.45, 2.75) is 30.9 Å². The van der Waals surface area contributed by atoms with Gasteiger partial charge in [0.25, 0.3) is 5.91 Å². The molecule has 0 radical (unpaired) electrons. The molecule has 228 valence electrons. The minimum absolute atomic E-state index is 0.0559. The van der Waals surface area contributed by atoms with Crippen LogP contribution in [-0.4, -0.2) is 95.8 Å². The normalized spacial score (nSPS) is 25.0. The number of aliphatic hydroxyl groups is 4. The van der Waals surface area contributed by atoms with Crippen molar-refractivity contribution in [3.05, 3.63) is 70.2 Å². The highest BCUT2D eigenvalue weighted by molar-refractivity contribution is 6.25. The van der Waals surface area contributed by atoms with Gasteiger partial charge in [0.05, 0.1) is 18.2 Å². The highest BCUT2D eigenvalue weighted by Gasteiger charge is 2.63. The summed E-state index contributed by atoms with van der Waals surface area (Å²) < 4.78 is 5.91. The maximum Gasteiger partial charge on any atom is 0.255 e. The van der Waals surface area contributed by atoms with Crippen LogP contribution in [0.4, 0.5) is 5.69 Å². The number of ether oxygens (including phenoxy) is 1. The van der Waals surface area contributed by atoms with Crippen LogP contribution >= 0.6 is 0 Å². The van der Waals surface area contributed by atoms with Crippen molar-refractivity contribution >= 4 is 23.2 Å². The minimum atomic E-state index is -2.65. The summed E-state index contributed by atoms with van der Waals surface area (Å²) in [5.41, 5.74) is 5.40. The molecule has 0 heterocycles. The van der Waals surface area contributed by atoms with Crippen LogP contribution in [0.3, 0.4) is 0 Å². The summed E-state index contributed by atoms with van der Waals surface area (Å²) in [5, 5.41) is 43.8. The van der Waals surface area contributed by atoms with E-state index in [0.717, 1.165) is 16.8 Å². The molecule has 2 aromatic carbocycles. The van der Waals surface area contributed by atoms with E-state index in [1.54, 1.807) is 25.1 Å². The van der Waals surface area contributed by atoms with E-state index in [1.807, 2.05) is 49.3 Å². The van der Waals surface area contributed by atoms with E-state index in [1.165, 1.54) is 0 Å². The van der Waals surface area contributed by atoms with Crippen molar-refractivity contribution < 1.29 is 39.5 Å². The second-order valence-corrected chi connectivity index (χ2v) is 11.8. The number of allylic oxidation sites excluding steroid dienone is 1. The van der Waals surface area contributed by atoms with Crippen molar-refractivity contribution in [2.24, 2.45) is 17.6 Å². The number of fused-ring (bicyclic) bond motifs is 3. The van der Waals surface area contributed by atoms with Gasteiger partial charge in [-0.1, -0.05) is 18.2 Å². The molecule has 0 saturated carbocycles. The minimum Gasteiger partial charge on any atom is -0.510 e. The van der Waals surface area contributed by atoms with E-state index >= 15 is 0 Å². The molecule has 0 bridgehead atoms. The van der Waals surface area contributed by atoms with Crippen LogP contribution in [0.15, 0.2) is 59.1 Å². The Balaban J connectivity index is 1.70. The molecule has 5 rings (SSSR count). The number of benzene rings is 2. The van der Waals surface area contributed by atoms with Crippen LogP contribution in [0.1, 0.15) is 28.8 Å². The lowest BCUT2D eigenvalue weighted by atomic mass is 9.58. The second-order valence-electron chi connectivity index (χ2n) is 11.8. The van der Waals surface area contributed by atoms with Gasteiger partial charge >= 0.3 is 0 Å². The molecule has 0 unspecified atom stereocenters. The van der Waals surface area contributed by atoms with Gasteiger partial charge in [0.1, 0.15) is 22.8 Å². The van der Waals surface area contributed by atoms with Gasteiger partial charge in [-0.25, -0.2) is 0 Å². The lowest BCUT2D eigenvalue weighted by Crippen LogP contribution is -2.63. The predicted molar refractivity (Wildman–Crippen MR) is 159 cm³/mol. The smallest absolute Gasteiger partial charge is 0.255 e. The number of primary amides is 1. The molecule has 0 spiro atoms. The number of hydrogen-bond donors (Lipinski definition) is 5. The van der Waals surface area contributed by atoms with Crippen LogP contribution in [0.5, 0.6) is 5.75 Å². The number of aliphatic hydroxyl groups excluding tert-OH is 3. The molecule has 3 aliphatic carbocycles. The molecule has 0 aliphatic heterocycles. The van der Waals surface area contributed by atoms with E-state index in [4.69, 9.17) is 10.5 Å². The van der Waals surface area contributed by atoms with Gasteiger partial charge in [-0.05, 0) is 67.7 Å². The fraction of sp³-hybridized carbons (Fsp3) is 0.406. The third kappa shape index (κ3) is 4.68. The number of carbonyl (C=O) groups is 3. The fourth-order valence-corrected chi connectivity index (χ4v) is 6.81. The first-order chi connectivity index (χ1) is 20.3. The Kier molecular flexibility index (Phi) is 7.84. The van der Waals surface area contributed by atoms with Crippen molar-refractivity contribution in [1.82, 2.24) is 4.90 Å². The van der Waals surface area contributed by atoms with E-state index in [2.05, 4.69) is 0 Å². The average molecular weight is 592 g/mol. The van der Waals surface area contributed by atoms with E-state index < -0.39 is 58.0 Å². The van der Waals surface area contributed by atoms with Gasteiger partial charge in [-0.3, -0.25) is 19.3 Å². The van der Waals surface area contributed by atoms with Crippen LogP contribution in [0, 0.1) is 11.8 Å². The molecule has 3 aliphatic rings. The van der Waals surface area contributed by atoms with Gasteiger partial charge < -0.3 is 35.8 Å². The van der Waals surface area contributed by atoms with Gasteiger partial charge in [0, 0.05) is 44.3 Å². The molecule has 6 N–H and O–H groups in total. The first-order valence-corrected chi connectivity index (χ1v) is 14.2. The van der Waals surface area contributed by atoms with Crippen molar-refractivity contribution in [1.29, 1.82) is 0 Å². The fourth-order valence-electron chi connectivity index (χ4n) is 6.81. The zero-order chi connectivity index (χ0) is 31.4. The van der Waals surface area contributed by atoms with Gasteiger partial charge in [-0.15, -0.1) is 0 Å². The Labute approximate surface area is 249 Å². The molecule has 1 amide bonds. The van der Waals surface area contributed by atoms with Gasteiger partial charge in [0.15, 0.2) is 11.4 Å². The Morgan fingerprint density at radius 1 is 1.07 bits per heavy atom. The monoisotopic (exact) mass is 591 g/mol. The summed E-state index contributed by atoms with van der Waals surface area (Å²) in [4.78, 5) is 43.6. The number of likely N-dealkylation sites (N-methyl/N-ethyl adjacent to an activating group) is 1. The van der Waals surface area contributed by atoms with Crippen LogP contribution in [0.2, 0.25) is 0 Å². The molecule has 11 heteroatoms. The molecule has 0 aromatic heterocycles. The van der Waals surface area contributed by atoms with E-state index in [-0.39, 0.29) is 42.9 Å². The van der Waals surface area contributed by atoms with Crippen molar-refractivity contribution in [2.75, 3.05) is 46.3 Å². The van der Waals surface area contributed by atoms with Crippen molar-refractivity contribution in [3.8, 4) is 16.9 Å². The summed E-state index contributed by atoms with van der Waals surface area (Å²) in [5.74, 6) is -5.93. The number of rotatable bonds is 8. The molecule has 11 nitrogen and oxygen atoms in total. The summed E-state index contributed by atoms with van der Waals surface area (Å²) in [6.07, 6.45) is 0.664. The third-order valence-corrected chi connectivity index (χ3v) is 8.84. The number of hydrogen-bond acceptors (Lipinski definition) is 10. The molecule has 43 heavy (non-hydrogen) atoms. The quantitative estimate of drug-likeness (QED) is 0.225. The zero-order valence-corrected chi connectivity index (χ0v) is 24.6. The second kappa shape index (κ2) is 11.1. The number of nitrogens with zero attached hydrogens (tertiary/aromatic N) is 2.